The van der Waals surface area contributed by atoms with Gasteiger partial charge in [0.1, 0.15) is 6.04 Å². The molecule has 28 heavy (non-hydrogen) atoms. The van der Waals surface area contributed by atoms with Crippen LogP contribution >= 0.6 is 23.2 Å². The van der Waals surface area contributed by atoms with Gasteiger partial charge in [-0.1, -0.05) is 41.4 Å². The molecule has 1 aromatic heterocycles. The average molecular weight is 417 g/mol. The number of carbonyl (C=O) groups excluding carboxylic acids is 2. The van der Waals surface area contributed by atoms with E-state index in [1.807, 2.05) is 30.5 Å². The third kappa shape index (κ3) is 4.74. The molecule has 0 fully saturated rings. The van der Waals surface area contributed by atoms with Crippen LogP contribution in [-0.4, -0.2) is 30.0 Å². The standard InChI is InChI=1S/C21H18Cl2N2O3/c1-28-21(27)19(11-14-12-24-18-5-3-2-4-16(14)18)25-20(26)9-6-13-10-15(22)7-8-17(13)23/h2-10,12,19,24H,11H2,1H3,(H,25,26)/b9-6+. The molecule has 5 nitrogen and oxygen atoms in total. The van der Waals surface area contributed by atoms with E-state index in [1.165, 1.54) is 13.2 Å². The molecule has 7 heteroatoms. The number of aromatic amines is 1. The Morgan fingerprint density at radius 1 is 1.21 bits per heavy atom. The molecular formula is C21H18Cl2N2O3. The number of H-pyrrole nitrogens is 1. The lowest BCUT2D eigenvalue weighted by atomic mass is 10.0. The van der Waals surface area contributed by atoms with Gasteiger partial charge in [0.15, 0.2) is 0 Å². The Kier molecular flexibility index (Phi) is 6.39. The van der Waals surface area contributed by atoms with E-state index in [2.05, 4.69) is 10.3 Å². The minimum absolute atomic E-state index is 0.300. The lowest BCUT2D eigenvalue weighted by molar-refractivity contribution is -0.144. The number of halogens is 2. The van der Waals surface area contributed by atoms with E-state index in [-0.39, 0.29) is 0 Å². The molecule has 144 valence electrons. The second-order valence-electron chi connectivity index (χ2n) is 6.15. The number of hydrogen-bond donors (Lipinski definition) is 2. The molecule has 0 spiro atoms. The van der Waals surface area contributed by atoms with Crippen molar-refractivity contribution in [1.82, 2.24) is 10.3 Å². The number of benzene rings is 2. The van der Waals surface area contributed by atoms with Gasteiger partial charge in [-0.3, -0.25) is 4.79 Å². The highest BCUT2D eigenvalue weighted by Gasteiger charge is 2.22. The summed E-state index contributed by atoms with van der Waals surface area (Å²) in [5, 5.41) is 4.66. The van der Waals surface area contributed by atoms with Gasteiger partial charge in [0, 0.05) is 39.6 Å². The van der Waals surface area contributed by atoms with E-state index in [1.54, 1.807) is 24.3 Å². The molecule has 0 aliphatic rings. The van der Waals surface area contributed by atoms with Crippen LogP contribution in [0.3, 0.4) is 0 Å². The van der Waals surface area contributed by atoms with E-state index in [0.29, 0.717) is 22.0 Å². The monoisotopic (exact) mass is 416 g/mol. The number of esters is 1. The van der Waals surface area contributed by atoms with Crippen LogP contribution in [0.4, 0.5) is 0 Å². The predicted octanol–water partition coefficient (Wildman–Crippen LogP) is 4.39. The highest BCUT2D eigenvalue weighted by molar-refractivity contribution is 6.34. The van der Waals surface area contributed by atoms with Gasteiger partial charge in [-0.2, -0.15) is 0 Å². The summed E-state index contributed by atoms with van der Waals surface area (Å²) in [6.45, 7) is 0. The van der Waals surface area contributed by atoms with Gasteiger partial charge in [-0.05, 0) is 41.5 Å². The first-order chi connectivity index (χ1) is 13.5. The van der Waals surface area contributed by atoms with Gasteiger partial charge >= 0.3 is 5.97 Å². The predicted molar refractivity (Wildman–Crippen MR) is 111 cm³/mol. The Hall–Kier alpha value is -2.76. The summed E-state index contributed by atoms with van der Waals surface area (Å²) in [6.07, 6.45) is 4.98. The lowest BCUT2D eigenvalue weighted by Crippen LogP contribution is -2.42. The average Bonchev–Trinajstić information content (AvgIpc) is 3.10. The molecule has 1 atom stereocenters. The molecule has 0 bridgehead atoms. The molecule has 0 aliphatic carbocycles. The molecule has 3 aromatic rings. The smallest absolute Gasteiger partial charge is 0.328 e. The van der Waals surface area contributed by atoms with Crippen LogP contribution in [0.2, 0.25) is 10.0 Å². The maximum atomic E-state index is 12.3. The molecule has 2 aromatic carbocycles. The first kappa shape index (κ1) is 20.0. The fourth-order valence-electron chi connectivity index (χ4n) is 2.88. The van der Waals surface area contributed by atoms with Gasteiger partial charge in [-0.25, -0.2) is 4.79 Å². The Labute approximate surface area is 172 Å². The first-order valence-corrected chi connectivity index (χ1v) is 9.30. The zero-order valence-corrected chi connectivity index (χ0v) is 16.6. The molecule has 0 radical (unpaired) electrons. The Bertz CT molecular complexity index is 1040. The normalized spacial score (nSPS) is 12.2. The summed E-state index contributed by atoms with van der Waals surface area (Å²) < 4.78 is 4.85. The fraction of sp³-hybridized carbons (Fsp3) is 0.143. The Morgan fingerprint density at radius 3 is 2.79 bits per heavy atom. The number of para-hydroxylation sites is 1. The number of amides is 1. The zero-order valence-electron chi connectivity index (χ0n) is 15.0. The summed E-state index contributed by atoms with van der Waals surface area (Å²) >= 11 is 12.0. The first-order valence-electron chi connectivity index (χ1n) is 8.54. The number of hydrogen-bond acceptors (Lipinski definition) is 3. The van der Waals surface area contributed by atoms with Crippen LogP contribution in [0, 0.1) is 0 Å². The summed E-state index contributed by atoms with van der Waals surface area (Å²) in [6, 6.07) is 11.9. The van der Waals surface area contributed by atoms with Crippen molar-refractivity contribution in [2.24, 2.45) is 0 Å². The minimum Gasteiger partial charge on any atom is -0.467 e. The minimum atomic E-state index is -0.823. The van der Waals surface area contributed by atoms with Crippen molar-refractivity contribution in [2.45, 2.75) is 12.5 Å². The second-order valence-corrected chi connectivity index (χ2v) is 6.99. The highest BCUT2D eigenvalue weighted by atomic mass is 35.5. The van der Waals surface area contributed by atoms with Crippen molar-refractivity contribution in [3.8, 4) is 0 Å². The molecule has 0 saturated heterocycles. The lowest BCUT2D eigenvalue weighted by Gasteiger charge is -2.15. The van der Waals surface area contributed by atoms with Crippen LogP contribution < -0.4 is 5.32 Å². The number of fused-ring (bicyclic) bond motifs is 1. The number of carbonyl (C=O) groups is 2. The number of nitrogens with one attached hydrogen (secondary N) is 2. The Morgan fingerprint density at radius 2 is 2.00 bits per heavy atom. The van der Waals surface area contributed by atoms with Crippen LogP contribution in [0.5, 0.6) is 0 Å². The quantitative estimate of drug-likeness (QED) is 0.462. The van der Waals surface area contributed by atoms with Crippen LogP contribution in [0.15, 0.2) is 54.7 Å². The summed E-state index contributed by atoms with van der Waals surface area (Å²) in [4.78, 5) is 27.7. The van der Waals surface area contributed by atoms with Gasteiger partial charge in [-0.15, -0.1) is 0 Å². The van der Waals surface area contributed by atoms with E-state index in [0.717, 1.165) is 16.5 Å². The van der Waals surface area contributed by atoms with Crippen molar-refractivity contribution in [3.63, 3.8) is 0 Å². The summed E-state index contributed by atoms with van der Waals surface area (Å²) in [7, 11) is 1.29. The van der Waals surface area contributed by atoms with Gasteiger partial charge in [0.2, 0.25) is 5.91 Å². The Balaban J connectivity index is 1.75. The van der Waals surface area contributed by atoms with Crippen LogP contribution in [-0.2, 0) is 20.7 Å². The number of aromatic nitrogens is 1. The summed E-state index contributed by atoms with van der Waals surface area (Å²) in [5.41, 5.74) is 2.48. The maximum absolute atomic E-state index is 12.3. The molecule has 1 amide bonds. The number of methoxy groups -OCH3 is 1. The van der Waals surface area contributed by atoms with Crippen molar-refractivity contribution in [2.75, 3.05) is 7.11 Å². The third-order valence-electron chi connectivity index (χ3n) is 4.27. The van der Waals surface area contributed by atoms with E-state index in [4.69, 9.17) is 27.9 Å². The number of rotatable bonds is 6. The molecule has 3 rings (SSSR count). The van der Waals surface area contributed by atoms with Crippen molar-refractivity contribution >= 4 is 52.1 Å². The fourth-order valence-corrected chi connectivity index (χ4v) is 3.24. The summed E-state index contributed by atoms with van der Waals surface area (Å²) in [5.74, 6) is -0.959. The number of ether oxygens (including phenoxy) is 1. The molecule has 2 N–H and O–H groups in total. The van der Waals surface area contributed by atoms with E-state index >= 15 is 0 Å². The van der Waals surface area contributed by atoms with Crippen molar-refractivity contribution in [3.05, 3.63) is 75.9 Å². The molecule has 1 unspecified atom stereocenters. The third-order valence-corrected chi connectivity index (χ3v) is 4.85. The molecule has 0 saturated carbocycles. The largest absolute Gasteiger partial charge is 0.467 e. The molecule has 0 aliphatic heterocycles. The van der Waals surface area contributed by atoms with Crippen LogP contribution in [0.25, 0.3) is 17.0 Å². The van der Waals surface area contributed by atoms with Crippen molar-refractivity contribution in [1.29, 1.82) is 0 Å². The van der Waals surface area contributed by atoms with Gasteiger partial charge in [0.25, 0.3) is 0 Å². The highest BCUT2D eigenvalue weighted by Crippen LogP contribution is 2.22. The van der Waals surface area contributed by atoms with E-state index < -0.39 is 17.9 Å². The maximum Gasteiger partial charge on any atom is 0.328 e. The van der Waals surface area contributed by atoms with E-state index in [9.17, 15) is 9.59 Å². The van der Waals surface area contributed by atoms with Crippen molar-refractivity contribution < 1.29 is 14.3 Å². The zero-order chi connectivity index (χ0) is 20.1. The van der Waals surface area contributed by atoms with Gasteiger partial charge in [0.05, 0.1) is 7.11 Å². The topological polar surface area (TPSA) is 71.2 Å². The van der Waals surface area contributed by atoms with Crippen LogP contribution in [0.1, 0.15) is 11.1 Å². The second kappa shape index (κ2) is 8.95. The van der Waals surface area contributed by atoms with Gasteiger partial charge < -0.3 is 15.0 Å². The molecule has 1 heterocycles. The molecular weight excluding hydrogens is 399 g/mol. The SMILES string of the molecule is COC(=O)C(Cc1c[nH]c2ccccc12)NC(=O)/C=C/c1cc(Cl)ccc1Cl.